The van der Waals surface area contributed by atoms with Crippen molar-refractivity contribution in [1.29, 1.82) is 0 Å². The number of aromatic nitrogens is 2. The minimum Gasteiger partial charge on any atom is -0.422 e. The average Bonchev–Trinajstić information content (AvgIpc) is 2.56. The normalized spacial score (nSPS) is 11.0. The number of halogens is 1. The molecule has 2 rings (SSSR count). The molecule has 74 valence electrons. The van der Waals surface area contributed by atoms with E-state index in [1.54, 1.807) is 0 Å². The Bertz CT molecular complexity index is 439. The quantitative estimate of drug-likeness (QED) is 0.754. The molecule has 0 spiro atoms. The van der Waals surface area contributed by atoms with Crippen LogP contribution in [0.15, 0.2) is 16.7 Å². The van der Waals surface area contributed by atoms with Crippen molar-refractivity contribution in [2.24, 2.45) is 0 Å². The highest BCUT2D eigenvalue weighted by Gasteiger charge is 2.06. The highest BCUT2D eigenvalue weighted by atomic mass is 19.1. The van der Waals surface area contributed by atoms with Crippen LogP contribution in [0.1, 0.15) is 25.7 Å². The molecule has 0 N–H and O–H groups in total. The molecular weight excluding hydrogens is 183 g/mol. The van der Waals surface area contributed by atoms with Crippen LogP contribution < -0.4 is 0 Å². The Labute approximate surface area is 81.0 Å². The largest absolute Gasteiger partial charge is 0.422 e. The summed E-state index contributed by atoms with van der Waals surface area (Å²) in [5.74, 6) is 0.257. The van der Waals surface area contributed by atoms with Crippen LogP contribution >= 0.6 is 0 Å². The highest BCUT2D eigenvalue weighted by molar-refractivity contribution is 5.67. The molecule has 0 amide bonds. The predicted octanol–water partition coefficient (Wildman–Crippen LogP) is 2.70. The summed E-state index contributed by atoms with van der Waals surface area (Å²) in [6.45, 7) is 2.10. The topological polar surface area (TPSA) is 38.9 Å². The van der Waals surface area contributed by atoms with E-state index in [0.717, 1.165) is 25.5 Å². The zero-order valence-corrected chi connectivity index (χ0v) is 7.96. The number of nitrogens with zero attached hydrogens (tertiary/aromatic N) is 2. The third-order valence-corrected chi connectivity index (χ3v) is 2.00. The molecule has 0 fully saturated rings. The van der Waals surface area contributed by atoms with Crippen LogP contribution in [-0.2, 0) is 6.42 Å². The van der Waals surface area contributed by atoms with Gasteiger partial charge >= 0.3 is 0 Å². The first-order chi connectivity index (χ1) is 6.79. The lowest BCUT2D eigenvalue weighted by atomic mass is 10.2. The second-order valence-electron chi connectivity index (χ2n) is 3.19. The zero-order chi connectivity index (χ0) is 9.97. The number of pyridine rings is 1. The van der Waals surface area contributed by atoms with Gasteiger partial charge in [0.1, 0.15) is 11.3 Å². The van der Waals surface area contributed by atoms with Gasteiger partial charge in [-0.3, -0.25) is 0 Å². The summed E-state index contributed by atoms with van der Waals surface area (Å²) in [6.07, 6.45) is 4.03. The molecular formula is C10H11FN2O. The van der Waals surface area contributed by atoms with Crippen molar-refractivity contribution in [3.8, 4) is 0 Å². The molecule has 4 heteroatoms. The SMILES string of the molecule is CCCCc1nc2cc(F)cnc2o1. The van der Waals surface area contributed by atoms with Gasteiger partial charge in [-0.15, -0.1) is 0 Å². The molecule has 0 saturated carbocycles. The van der Waals surface area contributed by atoms with E-state index in [9.17, 15) is 4.39 Å². The van der Waals surface area contributed by atoms with Crippen LogP contribution in [0.2, 0.25) is 0 Å². The Balaban J connectivity index is 2.32. The predicted molar refractivity (Wildman–Crippen MR) is 50.4 cm³/mol. The lowest BCUT2D eigenvalue weighted by molar-refractivity contribution is 0.509. The van der Waals surface area contributed by atoms with Gasteiger partial charge in [-0.1, -0.05) is 13.3 Å². The molecule has 0 aromatic carbocycles. The van der Waals surface area contributed by atoms with E-state index >= 15 is 0 Å². The highest BCUT2D eigenvalue weighted by Crippen LogP contribution is 2.15. The number of aryl methyl sites for hydroxylation is 1. The molecule has 2 aromatic rings. The number of rotatable bonds is 3. The minimum absolute atomic E-state index is 0.382. The third kappa shape index (κ3) is 1.73. The number of unbranched alkanes of at least 4 members (excludes halogenated alkanes) is 1. The van der Waals surface area contributed by atoms with Gasteiger partial charge in [0.15, 0.2) is 5.89 Å². The summed E-state index contributed by atoms with van der Waals surface area (Å²) in [4.78, 5) is 7.95. The second-order valence-corrected chi connectivity index (χ2v) is 3.19. The van der Waals surface area contributed by atoms with Crippen molar-refractivity contribution in [2.75, 3.05) is 0 Å². The van der Waals surface area contributed by atoms with Gasteiger partial charge in [0.25, 0.3) is 0 Å². The van der Waals surface area contributed by atoms with E-state index in [1.165, 1.54) is 6.07 Å². The molecule has 0 aliphatic rings. The van der Waals surface area contributed by atoms with E-state index < -0.39 is 0 Å². The molecule has 0 aliphatic heterocycles. The van der Waals surface area contributed by atoms with Gasteiger partial charge in [-0.05, 0) is 6.42 Å². The van der Waals surface area contributed by atoms with Crippen molar-refractivity contribution in [1.82, 2.24) is 9.97 Å². The van der Waals surface area contributed by atoms with Crippen LogP contribution in [0.3, 0.4) is 0 Å². The molecule has 0 radical (unpaired) electrons. The van der Waals surface area contributed by atoms with Crippen LogP contribution in [-0.4, -0.2) is 9.97 Å². The van der Waals surface area contributed by atoms with Gasteiger partial charge in [0.2, 0.25) is 5.71 Å². The summed E-state index contributed by atoms with van der Waals surface area (Å²) >= 11 is 0. The first-order valence-electron chi connectivity index (χ1n) is 4.70. The van der Waals surface area contributed by atoms with Crippen LogP contribution in [0.5, 0.6) is 0 Å². The van der Waals surface area contributed by atoms with Gasteiger partial charge in [0.05, 0.1) is 6.20 Å². The van der Waals surface area contributed by atoms with E-state index in [2.05, 4.69) is 16.9 Å². The smallest absolute Gasteiger partial charge is 0.247 e. The number of fused-ring (bicyclic) bond motifs is 1. The monoisotopic (exact) mass is 194 g/mol. The molecule has 14 heavy (non-hydrogen) atoms. The van der Waals surface area contributed by atoms with Crippen LogP contribution in [0, 0.1) is 5.82 Å². The van der Waals surface area contributed by atoms with Gasteiger partial charge < -0.3 is 4.42 Å². The maximum Gasteiger partial charge on any atom is 0.247 e. The van der Waals surface area contributed by atoms with Crippen molar-refractivity contribution in [3.63, 3.8) is 0 Å². The Morgan fingerprint density at radius 2 is 2.36 bits per heavy atom. The standard InChI is InChI=1S/C10H11FN2O/c1-2-3-4-9-13-8-5-7(11)6-12-10(8)14-9/h5-6H,2-4H2,1H3. The second kappa shape index (κ2) is 3.74. The van der Waals surface area contributed by atoms with Crippen LogP contribution in [0.25, 0.3) is 11.2 Å². The summed E-state index contributed by atoms with van der Waals surface area (Å²) in [5.41, 5.74) is 0.911. The summed E-state index contributed by atoms with van der Waals surface area (Å²) in [6, 6.07) is 1.33. The first-order valence-corrected chi connectivity index (χ1v) is 4.70. The van der Waals surface area contributed by atoms with E-state index in [-0.39, 0.29) is 5.82 Å². The van der Waals surface area contributed by atoms with Gasteiger partial charge in [-0.25, -0.2) is 14.4 Å². The fourth-order valence-electron chi connectivity index (χ4n) is 1.28. The average molecular weight is 194 g/mol. The maximum absolute atomic E-state index is 12.8. The summed E-state index contributed by atoms with van der Waals surface area (Å²) < 4.78 is 18.1. The van der Waals surface area contributed by atoms with Crippen molar-refractivity contribution in [2.45, 2.75) is 26.2 Å². The van der Waals surface area contributed by atoms with Crippen molar-refractivity contribution in [3.05, 3.63) is 24.0 Å². The lowest BCUT2D eigenvalue weighted by Crippen LogP contribution is -1.82. The number of hydrogen-bond acceptors (Lipinski definition) is 3. The first kappa shape index (κ1) is 9.12. The van der Waals surface area contributed by atoms with Gasteiger partial charge in [0, 0.05) is 12.5 Å². The van der Waals surface area contributed by atoms with Crippen LogP contribution in [0.4, 0.5) is 4.39 Å². The summed E-state index contributed by atoms with van der Waals surface area (Å²) in [5, 5.41) is 0. The fourth-order valence-corrected chi connectivity index (χ4v) is 1.28. The van der Waals surface area contributed by atoms with E-state index in [1.807, 2.05) is 0 Å². The molecule has 0 saturated heterocycles. The Hall–Kier alpha value is -1.45. The molecule has 2 heterocycles. The summed E-state index contributed by atoms with van der Waals surface area (Å²) in [7, 11) is 0. The zero-order valence-electron chi connectivity index (χ0n) is 7.96. The Morgan fingerprint density at radius 3 is 3.14 bits per heavy atom. The molecule has 0 atom stereocenters. The number of oxazole rings is 1. The maximum atomic E-state index is 12.8. The minimum atomic E-state index is -0.382. The Morgan fingerprint density at radius 1 is 1.50 bits per heavy atom. The molecule has 0 aliphatic carbocycles. The van der Waals surface area contributed by atoms with Gasteiger partial charge in [-0.2, -0.15) is 0 Å². The lowest BCUT2D eigenvalue weighted by Gasteiger charge is -1.88. The third-order valence-electron chi connectivity index (χ3n) is 2.00. The molecule has 2 aromatic heterocycles. The van der Waals surface area contributed by atoms with Crippen molar-refractivity contribution < 1.29 is 8.81 Å². The van der Waals surface area contributed by atoms with E-state index in [4.69, 9.17) is 4.42 Å². The fraction of sp³-hybridized carbons (Fsp3) is 0.400. The molecule has 3 nitrogen and oxygen atoms in total. The molecule has 0 unspecified atom stereocenters. The van der Waals surface area contributed by atoms with E-state index in [0.29, 0.717) is 17.1 Å². The van der Waals surface area contributed by atoms with Crippen molar-refractivity contribution >= 4 is 11.2 Å². The molecule has 0 bridgehead atoms. The number of hydrogen-bond donors (Lipinski definition) is 0. The Kier molecular flexibility index (Phi) is 2.43.